The zero-order chi connectivity index (χ0) is 14.8. The minimum Gasteiger partial charge on any atom is -0.0897 e. The summed E-state index contributed by atoms with van der Waals surface area (Å²) in [6.45, 7) is 9.09. The molecule has 0 bridgehead atoms. The van der Waals surface area contributed by atoms with Gasteiger partial charge in [-0.15, -0.1) is 0 Å². The van der Waals surface area contributed by atoms with E-state index in [4.69, 9.17) is 0 Å². The molecule has 1 aromatic rings. The molecule has 2 heteroatoms. The third-order valence-corrected chi connectivity index (χ3v) is 7.93. The van der Waals surface area contributed by atoms with Crippen LogP contribution in [0.25, 0.3) is 0 Å². The molecule has 0 aliphatic carbocycles. The normalized spacial score (nSPS) is 14.0. The predicted octanol–water partition coefficient (Wildman–Crippen LogP) is 2.68. The molecule has 0 N–H and O–H groups in total. The Morgan fingerprint density at radius 1 is 0.850 bits per heavy atom. The van der Waals surface area contributed by atoms with Gasteiger partial charge in [0.25, 0.3) is 0 Å². The van der Waals surface area contributed by atoms with Gasteiger partial charge in [0, 0.05) is 0 Å². The summed E-state index contributed by atoms with van der Waals surface area (Å²) < 4.78 is 0. The first-order valence-electron chi connectivity index (χ1n) is 8.16. The van der Waals surface area contributed by atoms with Crippen LogP contribution in [0.15, 0.2) is 46.8 Å². The van der Waals surface area contributed by atoms with Gasteiger partial charge in [-0.2, -0.15) is 0 Å². The fourth-order valence-corrected chi connectivity index (χ4v) is 6.57. The third-order valence-electron chi connectivity index (χ3n) is 3.75. The van der Waals surface area contributed by atoms with Gasteiger partial charge >= 0.3 is 0 Å². The van der Waals surface area contributed by atoms with E-state index < -0.39 is 0 Å². The molecule has 1 rings (SSSR count). The lowest BCUT2D eigenvalue weighted by Gasteiger charge is -2.08. The van der Waals surface area contributed by atoms with Crippen molar-refractivity contribution < 1.29 is 0 Å². The minimum atomic E-state index is -0.218. The van der Waals surface area contributed by atoms with E-state index in [1.165, 1.54) is 25.7 Å². The van der Waals surface area contributed by atoms with Gasteiger partial charge in [-0.1, -0.05) is 84.9 Å². The Labute approximate surface area is 130 Å². The van der Waals surface area contributed by atoms with Crippen molar-refractivity contribution in [2.45, 2.75) is 53.4 Å². The highest BCUT2D eigenvalue weighted by Crippen LogP contribution is 2.02. The molecule has 0 atom stereocenters. The summed E-state index contributed by atoms with van der Waals surface area (Å²) >= 11 is 0. The van der Waals surface area contributed by atoms with Gasteiger partial charge in [0.15, 0.2) is 0 Å². The number of benzene rings is 1. The molecule has 0 saturated carbocycles. The number of rotatable bonds is 8. The minimum absolute atomic E-state index is 0.218. The molecular formula is C18H30Si2. The summed E-state index contributed by atoms with van der Waals surface area (Å²) in [7, 11) is -0.435. The molecule has 0 spiro atoms. The maximum Gasteiger partial charge on any atom is 0.0819 e. The number of hydrogen-bond acceptors (Lipinski definition) is 0. The van der Waals surface area contributed by atoms with E-state index in [0.29, 0.717) is 0 Å². The number of hydrogen-bond donors (Lipinski definition) is 0. The van der Waals surface area contributed by atoms with Gasteiger partial charge in [-0.05, 0) is 25.7 Å². The zero-order valence-electron chi connectivity index (χ0n) is 13.7. The first-order valence-corrected chi connectivity index (χ1v) is 11.0. The largest absolute Gasteiger partial charge is 0.0897 e. The monoisotopic (exact) mass is 302 g/mol. The van der Waals surface area contributed by atoms with Crippen LogP contribution < -0.4 is 10.4 Å². The molecular weight excluding hydrogens is 272 g/mol. The second-order valence-electron chi connectivity index (χ2n) is 5.42. The highest BCUT2D eigenvalue weighted by molar-refractivity contribution is 6.64. The summed E-state index contributed by atoms with van der Waals surface area (Å²) in [4.78, 5) is 0. The average molecular weight is 303 g/mol. The van der Waals surface area contributed by atoms with Crippen LogP contribution >= 0.6 is 0 Å². The lowest BCUT2D eigenvalue weighted by Crippen LogP contribution is -2.25. The molecule has 0 aromatic heterocycles. The Bertz CT molecular complexity index is 419. The Morgan fingerprint density at radius 3 is 1.65 bits per heavy atom. The van der Waals surface area contributed by atoms with Gasteiger partial charge in [-0.25, -0.2) is 0 Å². The first-order chi connectivity index (χ1) is 9.73. The van der Waals surface area contributed by atoms with E-state index in [1.807, 2.05) is 0 Å². The van der Waals surface area contributed by atoms with Crippen molar-refractivity contribution in [1.82, 2.24) is 0 Å². The van der Waals surface area contributed by atoms with Gasteiger partial charge in [-0.3, -0.25) is 0 Å². The third kappa shape index (κ3) is 6.06. The summed E-state index contributed by atoms with van der Waals surface area (Å²) in [6, 6.07) is 9.48. The van der Waals surface area contributed by atoms with Crippen molar-refractivity contribution in [1.29, 1.82) is 0 Å². The molecule has 0 unspecified atom stereocenters. The topological polar surface area (TPSA) is 0 Å². The molecule has 110 valence electrons. The SMILES string of the molecule is CCC=C(CC)[SiH2]c1cccc([SiH2]C(=CCC)CC)c1. The second-order valence-corrected chi connectivity index (χ2v) is 9.58. The molecule has 0 nitrogen and oxygen atoms in total. The lowest BCUT2D eigenvalue weighted by atomic mass is 10.3. The van der Waals surface area contributed by atoms with Crippen LogP contribution in [0.4, 0.5) is 0 Å². The van der Waals surface area contributed by atoms with Gasteiger partial charge < -0.3 is 0 Å². The highest BCUT2D eigenvalue weighted by atomic mass is 28.2. The van der Waals surface area contributed by atoms with Crippen molar-refractivity contribution >= 4 is 29.4 Å². The molecule has 0 aliphatic rings. The van der Waals surface area contributed by atoms with E-state index in [-0.39, 0.29) is 19.0 Å². The molecule has 0 amide bonds. The molecule has 0 saturated heterocycles. The van der Waals surface area contributed by atoms with Crippen LogP contribution in [0.1, 0.15) is 53.4 Å². The predicted molar refractivity (Wildman–Crippen MR) is 100 cm³/mol. The van der Waals surface area contributed by atoms with Gasteiger partial charge in [0.05, 0.1) is 19.0 Å². The highest BCUT2D eigenvalue weighted by Gasteiger charge is 2.02. The standard InChI is InChI=1S/C18H30Si2/c1-5-10-15(7-3)19-17-12-9-13-18(14-17)20-16(8-4)11-6-2/h9-14H,5-8,19-20H2,1-4H3. The zero-order valence-corrected chi connectivity index (χ0v) is 16.5. The fourth-order valence-electron chi connectivity index (χ4n) is 2.63. The van der Waals surface area contributed by atoms with Crippen LogP contribution in [0, 0.1) is 0 Å². The van der Waals surface area contributed by atoms with Crippen molar-refractivity contribution in [3.05, 3.63) is 46.8 Å². The van der Waals surface area contributed by atoms with Crippen LogP contribution in [-0.2, 0) is 0 Å². The lowest BCUT2D eigenvalue weighted by molar-refractivity contribution is 1.13. The van der Waals surface area contributed by atoms with Crippen LogP contribution in [-0.4, -0.2) is 19.0 Å². The Hall–Kier alpha value is -0.866. The summed E-state index contributed by atoms with van der Waals surface area (Å²) in [5.74, 6) is 0. The van der Waals surface area contributed by atoms with Gasteiger partial charge in [0.2, 0.25) is 0 Å². The van der Waals surface area contributed by atoms with Gasteiger partial charge in [0.1, 0.15) is 0 Å². The van der Waals surface area contributed by atoms with Crippen molar-refractivity contribution in [2.75, 3.05) is 0 Å². The quantitative estimate of drug-likeness (QED) is 0.648. The van der Waals surface area contributed by atoms with E-state index >= 15 is 0 Å². The second kappa shape index (κ2) is 9.95. The van der Waals surface area contributed by atoms with Crippen molar-refractivity contribution in [2.24, 2.45) is 0 Å². The maximum absolute atomic E-state index is 2.51. The summed E-state index contributed by atoms with van der Waals surface area (Å²) in [6.07, 6.45) is 9.73. The van der Waals surface area contributed by atoms with Crippen molar-refractivity contribution in [3.63, 3.8) is 0 Å². The van der Waals surface area contributed by atoms with E-state index in [0.717, 1.165) is 0 Å². The van der Waals surface area contributed by atoms with Crippen LogP contribution in [0.3, 0.4) is 0 Å². The number of allylic oxidation sites excluding steroid dienone is 4. The Morgan fingerprint density at radius 2 is 1.30 bits per heavy atom. The smallest absolute Gasteiger partial charge is 0.0819 e. The molecule has 0 radical (unpaired) electrons. The summed E-state index contributed by atoms with van der Waals surface area (Å²) in [5, 5.41) is 6.68. The first kappa shape index (κ1) is 17.2. The van der Waals surface area contributed by atoms with Crippen LogP contribution in [0.2, 0.25) is 0 Å². The molecule has 0 fully saturated rings. The Balaban J connectivity index is 2.80. The molecule has 20 heavy (non-hydrogen) atoms. The summed E-state index contributed by atoms with van der Waals surface area (Å²) in [5.41, 5.74) is 0. The Kier molecular flexibility index (Phi) is 8.55. The van der Waals surface area contributed by atoms with E-state index in [9.17, 15) is 0 Å². The fraction of sp³-hybridized carbons (Fsp3) is 0.444. The molecule has 0 heterocycles. The average Bonchev–Trinajstić information content (AvgIpc) is 2.46. The van der Waals surface area contributed by atoms with Crippen molar-refractivity contribution in [3.8, 4) is 0 Å². The molecule has 0 aliphatic heterocycles. The molecule has 1 aromatic carbocycles. The van der Waals surface area contributed by atoms with E-state index in [2.05, 4.69) is 64.1 Å². The van der Waals surface area contributed by atoms with E-state index in [1.54, 1.807) is 20.8 Å². The maximum atomic E-state index is 2.51. The van der Waals surface area contributed by atoms with Crippen LogP contribution in [0.5, 0.6) is 0 Å².